The maximum absolute atomic E-state index is 11.7. The molecule has 0 bridgehead atoms. The molecule has 4 heteroatoms. The van der Waals surface area contributed by atoms with Crippen molar-refractivity contribution in [2.24, 2.45) is 5.92 Å². The van der Waals surface area contributed by atoms with Gasteiger partial charge in [-0.2, -0.15) is 5.26 Å². The fourth-order valence-corrected chi connectivity index (χ4v) is 1.68. The molecular formula is C14H18N2O2. The number of ether oxygens (including phenoxy) is 1. The van der Waals surface area contributed by atoms with E-state index in [-0.39, 0.29) is 11.8 Å². The molecule has 4 nitrogen and oxygen atoms in total. The number of nitrogens with zero attached hydrogens (tertiary/aromatic N) is 1. The van der Waals surface area contributed by atoms with E-state index in [4.69, 9.17) is 10.00 Å². The number of amides is 1. The number of carbonyl (C=O) groups is 1. The Kier molecular flexibility index (Phi) is 5.19. The molecule has 0 fully saturated rings. The van der Waals surface area contributed by atoms with Gasteiger partial charge in [0.2, 0.25) is 5.91 Å². The number of hydrogen-bond acceptors (Lipinski definition) is 3. The van der Waals surface area contributed by atoms with Gasteiger partial charge < -0.3 is 10.1 Å². The van der Waals surface area contributed by atoms with Gasteiger partial charge in [-0.05, 0) is 12.0 Å². The maximum Gasteiger partial charge on any atom is 0.221 e. The molecular weight excluding hydrogens is 228 g/mol. The second-order valence-electron chi connectivity index (χ2n) is 4.47. The van der Waals surface area contributed by atoms with Crippen LogP contribution in [0.3, 0.4) is 0 Å². The van der Waals surface area contributed by atoms with Crippen LogP contribution >= 0.6 is 0 Å². The van der Waals surface area contributed by atoms with Gasteiger partial charge in [0.25, 0.3) is 0 Å². The van der Waals surface area contributed by atoms with Crippen molar-refractivity contribution in [2.45, 2.75) is 26.3 Å². The molecule has 0 aromatic heterocycles. The van der Waals surface area contributed by atoms with Gasteiger partial charge in [-0.25, -0.2) is 0 Å². The molecule has 1 unspecified atom stereocenters. The van der Waals surface area contributed by atoms with E-state index in [1.165, 1.54) is 0 Å². The Labute approximate surface area is 108 Å². The van der Waals surface area contributed by atoms with Crippen LogP contribution in [-0.2, 0) is 4.79 Å². The highest BCUT2D eigenvalue weighted by molar-refractivity contribution is 5.77. The molecule has 0 aliphatic rings. The van der Waals surface area contributed by atoms with Crippen LogP contribution in [0.2, 0.25) is 0 Å². The van der Waals surface area contributed by atoms with Crippen LogP contribution in [0.25, 0.3) is 0 Å². The van der Waals surface area contributed by atoms with Crippen molar-refractivity contribution in [3.05, 3.63) is 29.8 Å². The number of carbonyl (C=O) groups excluding carboxylic acids is 1. The molecule has 96 valence electrons. The molecule has 0 aliphatic carbocycles. The molecule has 0 radical (unpaired) electrons. The second kappa shape index (κ2) is 6.65. The average molecular weight is 246 g/mol. The summed E-state index contributed by atoms with van der Waals surface area (Å²) in [7, 11) is 1.54. The van der Waals surface area contributed by atoms with Gasteiger partial charge in [-0.3, -0.25) is 4.79 Å². The predicted octanol–water partition coefficient (Wildman–Crippen LogP) is 2.42. The van der Waals surface area contributed by atoms with Gasteiger partial charge in [0.1, 0.15) is 11.8 Å². The second-order valence-corrected chi connectivity index (χ2v) is 4.47. The molecule has 0 spiro atoms. The summed E-state index contributed by atoms with van der Waals surface area (Å²) in [6.45, 7) is 3.92. The van der Waals surface area contributed by atoms with E-state index in [9.17, 15) is 4.79 Å². The summed E-state index contributed by atoms with van der Waals surface area (Å²) in [6, 6.07) is 8.61. The lowest BCUT2D eigenvalue weighted by Crippen LogP contribution is -2.28. The zero-order chi connectivity index (χ0) is 13.5. The number of hydrogen-bond donors (Lipinski definition) is 1. The number of benzene rings is 1. The van der Waals surface area contributed by atoms with Crippen molar-refractivity contribution >= 4 is 5.91 Å². The van der Waals surface area contributed by atoms with Crippen LogP contribution in [0.5, 0.6) is 5.75 Å². The highest BCUT2D eigenvalue weighted by atomic mass is 16.5. The average Bonchev–Trinajstić information content (AvgIpc) is 2.35. The summed E-state index contributed by atoms with van der Waals surface area (Å²) < 4.78 is 5.19. The maximum atomic E-state index is 11.7. The Bertz CT molecular complexity index is 449. The van der Waals surface area contributed by atoms with Crippen LogP contribution in [0.4, 0.5) is 0 Å². The van der Waals surface area contributed by atoms with Gasteiger partial charge in [0.15, 0.2) is 0 Å². The summed E-state index contributed by atoms with van der Waals surface area (Å²) in [6.07, 6.45) is 0.410. The minimum Gasteiger partial charge on any atom is -0.496 e. The first-order valence-electron chi connectivity index (χ1n) is 5.90. The van der Waals surface area contributed by atoms with Crippen LogP contribution in [-0.4, -0.2) is 13.0 Å². The third-order valence-electron chi connectivity index (χ3n) is 2.48. The SMILES string of the molecule is COc1ccccc1C(C#N)NC(=O)CC(C)C. The van der Waals surface area contributed by atoms with Crippen molar-refractivity contribution < 1.29 is 9.53 Å². The molecule has 1 amide bonds. The fourth-order valence-electron chi connectivity index (χ4n) is 1.68. The lowest BCUT2D eigenvalue weighted by Gasteiger charge is -2.15. The molecule has 1 aromatic carbocycles. The standard InChI is InChI=1S/C14H18N2O2/c1-10(2)8-14(17)16-12(9-15)11-6-4-5-7-13(11)18-3/h4-7,10,12H,8H2,1-3H3,(H,16,17). The fraction of sp³-hybridized carbons (Fsp3) is 0.429. The van der Waals surface area contributed by atoms with E-state index in [0.717, 1.165) is 0 Å². The largest absolute Gasteiger partial charge is 0.496 e. The van der Waals surface area contributed by atoms with Crippen LogP contribution in [0, 0.1) is 17.2 Å². The lowest BCUT2D eigenvalue weighted by molar-refractivity contribution is -0.122. The Morgan fingerprint density at radius 3 is 2.67 bits per heavy atom. The summed E-state index contributed by atoms with van der Waals surface area (Å²) >= 11 is 0. The first-order chi connectivity index (χ1) is 8.58. The Balaban J connectivity index is 2.84. The molecule has 0 heterocycles. The first kappa shape index (κ1) is 14.0. The highest BCUT2D eigenvalue weighted by Gasteiger charge is 2.17. The van der Waals surface area contributed by atoms with Crippen LogP contribution < -0.4 is 10.1 Å². The van der Waals surface area contributed by atoms with Crippen molar-refractivity contribution in [1.29, 1.82) is 5.26 Å². The highest BCUT2D eigenvalue weighted by Crippen LogP contribution is 2.24. The van der Waals surface area contributed by atoms with E-state index < -0.39 is 6.04 Å². The Hall–Kier alpha value is -2.02. The van der Waals surface area contributed by atoms with E-state index >= 15 is 0 Å². The van der Waals surface area contributed by atoms with Gasteiger partial charge in [-0.15, -0.1) is 0 Å². The van der Waals surface area contributed by atoms with E-state index in [0.29, 0.717) is 17.7 Å². The van der Waals surface area contributed by atoms with Gasteiger partial charge >= 0.3 is 0 Å². The Morgan fingerprint density at radius 1 is 1.44 bits per heavy atom. The van der Waals surface area contributed by atoms with Crippen LogP contribution in [0.15, 0.2) is 24.3 Å². The molecule has 1 N–H and O–H groups in total. The van der Waals surface area contributed by atoms with Crippen molar-refractivity contribution in [3.63, 3.8) is 0 Å². The topological polar surface area (TPSA) is 62.1 Å². The van der Waals surface area contributed by atoms with Crippen molar-refractivity contribution in [1.82, 2.24) is 5.32 Å². The molecule has 1 rings (SSSR count). The zero-order valence-corrected chi connectivity index (χ0v) is 10.9. The van der Waals surface area contributed by atoms with Gasteiger partial charge in [-0.1, -0.05) is 32.0 Å². The first-order valence-corrected chi connectivity index (χ1v) is 5.90. The lowest BCUT2D eigenvalue weighted by atomic mass is 10.1. The van der Waals surface area contributed by atoms with E-state index in [2.05, 4.69) is 11.4 Å². The third kappa shape index (κ3) is 3.77. The third-order valence-corrected chi connectivity index (χ3v) is 2.48. The molecule has 1 atom stereocenters. The van der Waals surface area contributed by atoms with Gasteiger partial charge in [0, 0.05) is 12.0 Å². The van der Waals surface area contributed by atoms with Gasteiger partial charge in [0.05, 0.1) is 13.2 Å². The zero-order valence-electron chi connectivity index (χ0n) is 10.9. The van der Waals surface area contributed by atoms with E-state index in [1.807, 2.05) is 26.0 Å². The van der Waals surface area contributed by atoms with E-state index in [1.54, 1.807) is 19.2 Å². The number of para-hydroxylation sites is 1. The minimum atomic E-state index is -0.674. The minimum absolute atomic E-state index is 0.123. The quantitative estimate of drug-likeness (QED) is 0.867. The molecule has 0 aliphatic heterocycles. The number of methoxy groups -OCH3 is 1. The Morgan fingerprint density at radius 2 is 2.11 bits per heavy atom. The van der Waals surface area contributed by atoms with Crippen LogP contribution in [0.1, 0.15) is 31.9 Å². The van der Waals surface area contributed by atoms with Crippen molar-refractivity contribution in [2.75, 3.05) is 7.11 Å². The number of nitrogens with one attached hydrogen (secondary N) is 1. The normalized spacial score (nSPS) is 11.7. The monoisotopic (exact) mass is 246 g/mol. The summed E-state index contributed by atoms with van der Waals surface area (Å²) in [5, 5.41) is 11.9. The number of rotatable bonds is 5. The molecule has 1 aromatic rings. The van der Waals surface area contributed by atoms with Crippen molar-refractivity contribution in [3.8, 4) is 11.8 Å². The predicted molar refractivity (Wildman–Crippen MR) is 68.9 cm³/mol. The summed E-state index contributed by atoms with van der Waals surface area (Å²) in [5.74, 6) is 0.748. The molecule has 0 saturated carbocycles. The summed E-state index contributed by atoms with van der Waals surface area (Å²) in [4.78, 5) is 11.7. The molecule has 18 heavy (non-hydrogen) atoms. The summed E-state index contributed by atoms with van der Waals surface area (Å²) in [5.41, 5.74) is 0.680. The molecule has 0 saturated heterocycles. The number of nitriles is 1. The smallest absolute Gasteiger partial charge is 0.221 e.